The maximum Gasteiger partial charge on any atom is 0.271 e. The monoisotopic (exact) mass is 293 g/mol. The highest BCUT2D eigenvalue weighted by molar-refractivity contribution is 7.99. The van der Waals surface area contributed by atoms with Gasteiger partial charge in [0, 0.05) is 30.0 Å². The summed E-state index contributed by atoms with van der Waals surface area (Å²) in [7, 11) is 0. The maximum atomic E-state index is 11.7. The molecule has 0 atom stereocenters. The summed E-state index contributed by atoms with van der Waals surface area (Å²) in [5.41, 5.74) is 0.354. The highest BCUT2D eigenvalue weighted by atomic mass is 32.2. The average molecular weight is 293 g/mol. The first-order chi connectivity index (χ1) is 9.65. The summed E-state index contributed by atoms with van der Waals surface area (Å²) in [6, 6.07) is 5.82. The van der Waals surface area contributed by atoms with Crippen molar-refractivity contribution in [2.45, 2.75) is 11.6 Å². The van der Waals surface area contributed by atoms with Crippen LogP contribution in [0.15, 0.2) is 35.7 Å². The van der Waals surface area contributed by atoms with Crippen molar-refractivity contribution >= 4 is 29.0 Å². The van der Waals surface area contributed by atoms with Crippen LogP contribution in [0.5, 0.6) is 0 Å². The summed E-state index contributed by atoms with van der Waals surface area (Å²) in [5.74, 6) is 0.327. The zero-order valence-electron chi connectivity index (χ0n) is 10.3. The Balaban J connectivity index is 1.82. The van der Waals surface area contributed by atoms with Crippen LogP contribution < -0.4 is 5.32 Å². The normalized spacial score (nSPS) is 10.2. The number of non-ortho nitro benzene ring substituents is 1. The van der Waals surface area contributed by atoms with E-state index in [1.165, 1.54) is 36.3 Å². The molecule has 8 nitrogen and oxygen atoms in total. The predicted octanol–water partition coefficient (Wildman–Crippen LogP) is 1.83. The van der Waals surface area contributed by atoms with Gasteiger partial charge in [-0.15, -0.1) is 0 Å². The summed E-state index contributed by atoms with van der Waals surface area (Å²) in [6.45, 7) is 0. The van der Waals surface area contributed by atoms with E-state index in [0.29, 0.717) is 16.6 Å². The topological polar surface area (TPSA) is 114 Å². The first kappa shape index (κ1) is 14.0. The molecule has 2 N–H and O–H groups in total. The predicted molar refractivity (Wildman–Crippen MR) is 73.4 cm³/mol. The number of thioether (sulfide) groups is 1. The molecule has 1 heterocycles. The molecule has 9 heteroatoms. The molecule has 20 heavy (non-hydrogen) atoms. The highest BCUT2D eigenvalue weighted by Crippen LogP contribution is 2.18. The van der Waals surface area contributed by atoms with Crippen LogP contribution in [0.3, 0.4) is 0 Å². The Bertz CT molecular complexity index is 602. The maximum absolute atomic E-state index is 11.7. The lowest BCUT2D eigenvalue weighted by Crippen LogP contribution is -2.12. The second-order valence-corrected chi connectivity index (χ2v) is 4.83. The molecule has 1 aromatic carbocycles. The van der Waals surface area contributed by atoms with Gasteiger partial charge in [0.25, 0.3) is 5.69 Å². The second-order valence-electron chi connectivity index (χ2n) is 3.74. The average Bonchev–Trinajstić information content (AvgIpc) is 2.92. The zero-order chi connectivity index (χ0) is 14.4. The number of carbonyl (C=O) groups is 1. The van der Waals surface area contributed by atoms with Gasteiger partial charge in [0.15, 0.2) is 5.16 Å². The van der Waals surface area contributed by atoms with Gasteiger partial charge < -0.3 is 5.32 Å². The number of nitrogens with one attached hydrogen (secondary N) is 2. The summed E-state index contributed by atoms with van der Waals surface area (Å²) >= 11 is 1.38. The molecule has 0 fully saturated rings. The molecule has 0 aliphatic heterocycles. The lowest BCUT2D eigenvalue weighted by molar-refractivity contribution is -0.384. The molecule has 0 saturated heterocycles. The van der Waals surface area contributed by atoms with E-state index >= 15 is 0 Å². The van der Waals surface area contributed by atoms with Gasteiger partial charge in [0.05, 0.1) is 4.92 Å². The molecule has 0 spiro atoms. The van der Waals surface area contributed by atoms with Crippen LogP contribution in [0, 0.1) is 10.1 Å². The molecule has 0 unspecified atom stereocenters. The molecule has 2 rings (SSSR count). The zero-order valence-corrected chi connectivity index (χ0v) is 11.1. The van der Waals surface area contributed by atoms with Gasteiger partial charge in [-0.3, -0.25) is 20.0 Å². The number of hydrogen-bond acceptors (Lipinski definition) is 6. The van der Waals surface area contributed by atoms with Crippen LogP contribution in [0.1, 0.15) is 6.42 Å². The Kier molecular flexibility index (Phi) is 4.66. The largest absolute Gasteiger partial charge is 0.326 e. The third-order valence-electron chi connectivity index (χ3n) is 2.30. The summed E-state index contributed by atoms with van der Waals surface area (Å²) in [6.07, 6.45) is 1.67. The fourth-order valence-corrected chi connectivity index (χ4v) is 2.14. The first-order valence-corrected chi connectivity index (χ1v) is 6.66. The van der Waals surface area contributed by atoms with Crippen LogP contribution >= 0.6 is 11.8 Å². The second kappa shape index (κ2) is 6.66. The third-order valence-corrected chi connectivity index (χ3v) is 3.18. The number of nitrogens with zero attached hydrogens (tertiary/aromatic N) is 3. The number of aromatic amines is 1. The van der Waals surface area contributed by atoms with Crippen LogP contribution in [-0.2, 0) is 4.79 Å². The number of H-pyrrole nitrogens is 1. The van der Waals surface area contributed by atoms with Crippen molar-refractivity contribution in [1.29, 1.82) is 0 Å². The van der Waals surface area contributed by atoms with E-state index < -0.39 is 4.92 Å². The van der Waals surface area contributed by atoms with E-state index in [2.05, 4.69) is 20.5 Å². The number of aromatic nitrogens is 3. The molecule has 1 aromatic heterocycles. The molecule has 0 aliphatic rings. The van der Waals surface area contributed by atoms with Crippen molar-refractivity contribution in [3.63, 3.8) is 0 Å². The first-order valence-electron chi connectivity index (χ1n) is 5.67. The Labute approximate surface area is 118 Å². The minimum Gasteiger partial charge on any atom is -0.326 e. The number of hydrogen-bond donors (Lipinski definition) is 2. The summed E-state index contributed by atoms with van der Waals surface area (Å²) < 4.78 is 0. The van der Waals surface area contributed by atoms with E-state index in [1.54, 1.807) is 6.07 Å². The van der Waals surface area contributed by atoms with Crippen molar-refractivity contribution in [2.24, 2.45) is 0 Å². The molecule has 2 aromatic rings. The molecular formula is C11H11N5O3S. The highest BCUT2D eigenvalue weighted by Gasteiger charge is 2.08. The SMILES string of the molecule is O=C(CCSc1ncn[nH]1)Nc1cccc([N+](=O)[O-])c1. The van der Waals surface area contributed by atoms with Gasteiger partial charge in [0.1, 0.15) is 6.33 Å². The molecule has 1 amide bonds. The molecular weight excluding hydrogens is 282 g/mol. The van der Waals surface area contributed by atoms with Crippen molar-refractivity contribution < 1.29 is 9.72 Å². The van der Waals surface area contributed by atoms with Crippen LogP contribution in [0.25, 0.3) is 0 Å². The Morgan fingerprint density at radius 3 is 3.05 bits per heavy atom. The molecule has 104 valence electrons. The Hall–Kier alpha value is -2.42. The van der Waals surface area contributed by atoms with E-state index in [9.17, 15) is 14.9 Å². The fraction of sp³-hybridized carbons (Fsp3) is 0.182. The number of nitro groups is 1. The molecule has 0 bridgehead atoms. The number of carbonyl (C=O) groups excluding carboxylic acids is 1. The van der Waals surface area contributed by atoms with E-state index in [-0.39, 0.29) is 18.0 Å². The van der Waals surface area contributed by atoms with E-state index in [0.717, 1.165) is 0 Å². The number of benzene rings is 1. The third kappa shape index (κ3) is 4.05. The van der Waals surface area contributed by atoms with Crippen molar-refractivity contribution in [2.75, 3.05) is 11.1 Å². The molecule has 0 aliphatic carbocycles. The molecule has 0 radical (unpaired) electrons. The Morgan fingerprint density at radius 2 is 2.35 bits per heavy atom. The van der Waals surface area contributed by atoms with Crippen LogP contribution in [0.2, 0.25) is 0 Å². The number of nitro benzene ring substituents is 1. The van der Waals surface area contributed by atoms with Gasteiger partial charge in [-0.25, -0.2) is 4.98 Å². The number of anilines is 1. The van der Waals surface area contributed by atoms with Crippen LogP contribution in [-0.4, -0.2) is 31.8 Å². The van der Waals surface area contributed by atoms with Crippen molar-refractivity contribution in [1.82, 2.24) is 15.2 Å². The van der Waals surface area contributed by atoms with Gasteiger partial charge in [-0.2, -0.15) is 5.10 Å². The van der Waals surface area contributed by atoms with E-state index in [1.807, 2.05) is 0 Å². The quantitative estimate of drug-likeness (QED) is 0.477. The van der Waals surface area contributed by atoms with Crippen molar-refractivity contribution in [3.8, 4) is 0 Å². The lowest BCUT2D eigenvalue weighted by atomic mass is 10.3. The molecule has 0 saturated carbocycles. The minimum absolute atomic E-state index is 0.0566. The lowest BCUT2D eigenvalue weighted by Gasteiger charge is -2.04. The fourth-order valence-electron chi connectivity index (χ4n) is 1.42. The van der Waals surface area contributed by atoms with Gasteiger partial charge >= 0.3 is 0 Å². The standard InChI is InChI=1S/C11H11N5O3S/c17-10(4-5-20-11-12-7-13-15-11)14-8-2-1-3-9(6-8)16(18)19/h1-3,6-7H,4-5H2,(H,14,17)(H,12,13,15). The summed E-state index contributed by atoms with van der Waals surface area (Å²) in [4.78, 5) is 25.7. The van der Waals surface area contributed by atoms with E-state index in [4.69, 9.17) is 0 Å². The van der Waals surface area contributed by atoms with Gasteiger partial charge in [-0.1, -0.05) is 17.8 Å². The smallest absolute Gasteiger partial charge is 0.271 e. The van der Waals surface area contributed by atoms with Gasteiger partial charge in [-0.05, 0) is 6.07 Å². The Morgan fingerprint density at radius 1 is 1.50 bits per heavy atom. The minimum atomic E-state index is -0.505. The number of amides is 1. The number of rotatable bonds is 6. The van der Waals surface area contributed by atoms with Gasteiger partial charge in [0.2, 0.25) is 5.91 Å². The summed E-state index contributed by atoms with van der Waals surface area (Å²) in [5, 5.41) is 20.2. The van der Waals surface area contributed by atoms with Crippen molar-refractivity contribution in [3.05, 3.63) is 40.7 Å². The van der Waals surface area contributed by atoms with Crippen LogP contribution in [0.4, 0.5) is 11.4 Å².